The molecular weight excluding hydrogens is 412 g/mol. The van der Waals surface area contributed by atoms with Crippen LogP contribution in [0.2, 0.25) is 0 Å². The Balaban J connectivity index is 1.48. The molecule has 3 heterocycles. The van der Waals surface area contributed by atoms with E-state index in [9.17, 15) is 13.6 Å². The molecular formula is C24H27F2N5O. The Kier molecular flexibility index (Phi) is 5.95. The van der Waals surface area contributed by atoms with Gasteiger partial charge in [0.05, 0.1) is 29.8 Å². The van der Waals surface area contributed by atoms with Gasteiger partial charge in [0, 0.05) is 24.5 Å². The number of amides is 1. The van der Waals surface area contributed by atoms with Gasteiger partial charge in [0.15, 0.2) is 0 Å². The molecule has 8 heteroatoms. The maximum atomic E-state index is 13.9. The van der Waals surface area contributed by atoms with Crippen molar-refractivity contribution in [3.8, 4) is 0 Å². The number of anilines is 2. The maximum Gasteiger partial charge on any atom is 0.247 e. The lowest BCUT2D eigenvalue weighted by molar-refractivity contribution is -0.118. The van der Waals surface area contributed by atoms with Gasteiger partial charge in [-0.25, -0.2) is 8.78 Å². The fourth-order valence-electron chi connectivity index (χ4n) is 4.29. The Morgan fingerprint density at radius 2 is 1.97 bits per heavy atom. The van der Waals surface area contributed by atoms with E-state index in [1.54, 1.807) is 10.9 Å². The number of carbonyl (C=O) groups excluding carboxylic acids is 1. The first-order chi connectivity index (χ1) is 15.2. The van der Waals surface area contributed by atoms with Crippen LogP contribution in [-0.4, -0.2) is 33.8 Å². The largest absolute Gasteiger partial charge is 0.361 e. The SMILES string of the molecule is Cc1nc(CCc2cnn(Cc3cc(F)ccc3F)c2)cc2c1NC(=O)[C@H](C(C)C)N2C. The van der Waals surface area contributed by atoms with E-state index in [0.717, 1.165) is 40.5 Å². The minimum Gasteiger partial charge on any atom is -0.361 e. The monoisotopic (exact) mass is 439 g/mol. The number of nitrogens with one attached hydrogen (secondary N) is 1. The molecule has 6 nitrogen and oxygen atoms in total. The van der Waals surface area contributed by atoms with Crippen molar-refractivity contribution in [3.63, 3.8) is 0 Å². The summed E-state index contributed by atoms with van der Waals surface area (Å²) >= 11 is 0. The number of aryl methyl sites for hydroxylation is 3. The number of nitrogens with zero attached hydrogens (tertiary/aromatic N) is 4. The highest BCUT2D eigenvalue weighted by molar-refractivity contribution is 6.04. The summed E-state index contributed by atoms with van der Waals surface area (Å²) in [5, 5.41) is 7.30. The van der Waals surface area contributed by atoms with Crippen molar-refractivity contribution in [3.05, 3.63) is 70.8 Å². The third-order valence-electron chi connectivity index (χ3n) is 5.87. The van der Waals surface area contributed by atoms with E-state index in [1.165, 1.54) is 6.07 Å². The van der Waals surface area contributed by atoms with Crippen molar-refractivity contribution >= 4 is 17.3 Å². The average molecular weight is 440 g/mol. The molecule has 1 atom stereocenters. The topological polar surface area (TPSA) is 63.1 Å². The molecule has 0 aliphatic carbocycles. The van der Waals surface area contributed by atoms with Gasteiger partial charge in [-0.2, -0.15) is 5.10 Å². The fourth-order valence-corrected chi connectivity index (χ4v) is 4.29. The molecule has 0 spiro atoms. The summed E-state index contributed by atoms with van der Waals surface area (Å²) in [6.07, 6.45) is 4.99. The lowest BCUT2D eigenvalue weighted by Gasteiger charge is -2.38. The molecule has 0 saturated carbocycles. The number of hydrogen-bond acceptors (Lipinski definition) is 4. The highest BCUT2D eigenvalue weighted by Crippen LogP contribution is 2.35. The molecule has 0 fully saturated rings. The van der Waals surface area contributed by atoms with E-state index in [4.69, 9.17) is 0 Å². The van der Waals surface area contributed by atoms with Crippen LogP contribution in [0.5, 0.6) is 0 Å². The predicted molar refractivity (Wildman–Crippen MR) is 120 cm³/mol. The van der Waals surface area contributed by atoms with Crippen LogP contribution in [0, 0.1) is 24.5 Å². The summed E-state index contributed by atoms with van der Waals surface area (Å²) in [4.78, 5) is 19.2. The molecule has 1 aliphatic heterocycles. The minimum atomic E-state index is -0.469. The highest BCUT2D eigenvalue weighted by atomic mass is 19.1. The number of carbonyl (C=O) groups is 1. The van der Waals surface area contributed by atoms with E-state index >= 15 is 0 Å². The number of rotatable bonds is 6. The van der Waals surface area contributed by atoms with Crippen molar-refractivity contribution in [2.24, 2.45) is 5.92 Å². The van der Waals surface area contributed by atoms with Crippen molar-refractivity contribution < 1.29 is 13.6 Å². The lowest BCUT2D eigenvalue weighted by atomic mass is 9.97. The number of halogens is 2. The van der Waals surface area contributed by atoms with Gasteiger partial charge in [-0.1, -0.05) is 13.8 Å². The van der Waals surface area contributed by atoms with Gasteiger partial charge in [0.25, 0.3) is 0 Å². The normalized spacial score (nSPS) is 15.8. The molecule has 4 rings (SSSR count). The van der Waals surface area contributed by atoms with E-state index in [2.05, 4.69) is 15.4 Å². The number of likely N-dealkylation sites (N-methyl/N-ethyl adjacent to an activating group) is 1. The highest BCUT2D eigenvalue weighted by Gasteiger charge is 2.34. The van der Waals surface area contributed by atoms with Crippen molar-refractivity contribution in [2.45, 2.75) is 46.2 Å². The van der Waals surface area contributed by atoms with Crippen LogP contribution in [0.15, 0.2) is 36.7 Å². The summed E-state index contributed by atoms with van der Waals surface area (Å²) in [6, 6.07) is 5.23. The van der Waals surface area contributed by atoms with Gasteiger partial charge in [-0.15, -0.1) is 0 Å². The number of fused-ring (bicyclic) bond motifs is 1. The van der Waals surface area contributed by atoms with Gasteiger partial charge in [0.1, 0.15) is 17.7 Å². The van der Waals surface area contributed by atoms with Crippen LogP contribution in [0.25, 0.3) is 0 Å². The smallest absolute Gasteiger partial charge is 0.247 e. The molecule has 2 aromatic heterocycles. The first kappa shape index (κ1) is 21.9. The number of benzene rings is 1. The average Bonchev–Trinajstić information content (AvgIpc) is 3.17. The third-order valence-corrected chi connectivity index (χ3v) is 5.87. The molecule has 3 aromatic rings. The molecule has 0 bridgehead atoms. The number of pyridine rings is 1. The van der Waals surface area contributed by atoms with Crippen LogP contribution < -0.4 is 10.2 Å². The second kappa shape index (κ2) is 8.68. The summed E-state index contributed by atoms with van der Waals surface area (Å²) in [5.74, 6) is -0.745. The predicted octanol–water partition coefficient (Wildman–Crippen LogP) is 4.11. The van der Waals surface area contributed by atoms with Gasteiger partial charge in [0.2, 0.25) is 5.91 Å². The molecule has 32 heavy (non-hydrogen) atoms. The lowest BCUT2D eigenvalue weighted by Crippen LogP contribution is -2.49. The third kappa shape index (κ3) is 4.35. The Labute approximate surface area is 186 Å². The van der Waals surface area contributed by atoms with Gasteiger partial charge >= 0.3 is 0 Å². The first-order valence-electron chi connectivity index (χ1n) is 10.7. The van der Waals surface area contributed by atoms with Crippen LogP contribution in [0.4, 0.5) is 20.2 Å². The Hall–Kier alpha value is -3.29. The molecule has 0 saturated heterocycles. The van der Waals surface area contributed by atoms with Gasteiger partial charge in [-0.05, 0) is 55.5 Å². The summed E-state index contributed by atoms with van der Waals surface area (Å²) in [6.45, 7) is 6.14. The number of hydrogen-bond donors (Lipinski definition) is 1. The summed E-state index contributed by atoms with van der Waals surface area (Å²) in [5.41, 5.74) is 4.70. The summed E-state index contributed by atoms with van der Waals surface area (Å²) in [7, 11) is 1.95. The van der Waals surface area contributed by atoms with Crippen LogP contribution in [-0.2, 0) is 24.2 Å². The Bertz CT molecular complexity index is 1160. The molecule has 0 radical (unpaired) electrons. The second-order valence-electron chi connectivity index (χ2n) is 8.66. The van der Waals surface area contributed by atoms with E-state index in [0.29, 0.717) is 12.8 Å². The zero-order valence-corrected chi connectivity index (χ0v) is 18.7. The van der Waals surface area contributed by atoms with Crippen molar-refractivity contribution in [2.75, 3.05) is 17.3 Å². The fraction of sp³-hybridized carbons (Fsp3) is 0.375. The van der Waals surface area contributed by atoms with E-state index in [-0.39, 0.29) is 30.0 Å². The molecule has 168 valence electrons. The summed E-state index contributed by atoms with van der Waals surface area (Å²) < 4.78 is 28.9. The minimum absolute atomic E-state index is 0.00482. The standard InChI is InChI=1S/C24H27F2N5O/c1-14(2)23-24(32)29-22-15(3)28-19(10-21(22)30(23)4)7-5-16-11-27-31(12-16)13-17-9-18(25)6-8-20(17)26/h6,8-12,14,23H,5,7,13H2,1-4H3,(H,29,32)/t23-/m0/s1. The van der Waals surface area contributed by atoms with E-state index in [1.807, 2.05) is 45.0 Å². The van der Waals surface area contributed by atoms with Crippen LogP contribution in [0.3, 0.4) is 0 Å². The quantitative estimate of drug-likeness (QED) is 0.628. The van der Waals surface area contributed by atoms with Crippen molar-refractivity contribution in [1.29, 1.82) is 0 Å². The molecule has 1 N–H and O–H groups in total. The molecule has 0 unspecified atom stereocenters. The first-order valence-corrected chi connectivity index (χ1v) is 10.7. The van der Waals surface area contributed by atoms with Crippen LogP contribution in [0.1, 0.15) is 36.4 Å². The van der Waals surface area contributed by atoms with Gasteiger partial charge < -0.3 is 10.2 Å². The van der Waals surface area contributed by atoms with E-state index < -0.39 is 11.6 Å². The molecule has 1 amide bonds. The zero-order valence-electron chi connectivity index (χ0n) is 18.7. The Morgan fingerprint density at radius 3 is 2.72 bits per heavy atom. The van der Waals surface area contributed by atoms with Crippen molar-refractivity contribution in [1.82, 2.24) is 14.8 Å². The molecule has 1 aliphatic rings. The maximum absolute atomic E-state index is 13.9. The van der Waals surface area contributed by atoms with Crippen LogP contribution >= 0.6 is 0 Å². The zero-order chi connectivity index (χ0) is 23.0. The molecule has 1 aromatic carbocycles. The van der Waals surface area contributed by atoms with Gasteiger partial charge in [-0.3, -0.25) is 14.5 Å². The number of aromatic nitrogens is 3. The Morgan fingerprint density at radius 1 is 1.19 bits per heavy atom. The second-order valence-corrected chi connectivity index (χ2v) is 8.66.